The second-order valence-electron chi connectivity index (χ2n) is 1.04. The minimum absolute atomic E-state index is 0.917. The number of hydrogen-bond donors (Lipinski definition) is 2. The molecule has 0 aliphatic rings. The molecule has 54 valence electrons. The SMILES string of the molecule is C=CCC=C.O=S(O)O. The molecule has 0 bridgehead atoms. The lowest BCUT2D eigenvalue weighted by atomic mass is 10.4. The molecule has 0 saturated carbocycles. The van der Waals surface area contributed by atoms with E-state index in [0.29, 0.717) is 0 Å². The maximum atomic E-state index is 8.67. The van der Waals surface area contributed by atoms with Crippen molar-refractivity contribution in [1.29, 1.82) is 0 Å². The summed E-state index contributed by atoms with van der Waals surface area (Å²) in [5, 5.41) is 0. The Bertz CT molecular complexity index is 90.4. The third-order valence-corrected chi connectivity index (χ3v) is 0.333. The highest BCUT2D eigenvalue weighted by Crippen LogP contribution is 1.73. The van der Waals surface area contributed by atoms with Crippen LogP contribution in [0.2, 0.25) is 0 Å². The molecule has 0 fully saturated rings. The molecule has 0 aliphatic carbocycles. The molecule has 4 heteroatoms. The van der Waals surface area contributed by atoms with Crippen molar-refractivity contribution in [3.63, 3.8) is 0 Å². The van der Waals surface area contributed by atoms with Gasteiger partial charge in [-0.05, 0) is 6.42 Å². The zero-order chi connectivity index (χ0) is 7.70. The first-order valence-corrected chi connectivity index (χ1v) is 3.23. The van der Waals surface area contributed by atoms with Crippen LogP contribution in [0.15, 0.2) is 25.3 Å². The lowest BCUT2D eigenvalue weighted by molar-refractivity contribution is 0.454. The predicted octanol–water partition coefficient (Wildman–Crippen LogP) is 1.43. The summed E-state index contributed by atoms with van der Waals surface area (Å²) in [5.41, 5.74) is 0. The van der Waals surface area contributed by atoms with Gasteiger partial charge in [0.25, 0.3) is 11.4 Å². The molecule has 0 aromatic carbocycles. The predicted molar refractivity (Wildman–Crippen MR) is 38.4 cm³/mol. The van der Waals surface area contributed by atoms with Gasteiger partial charge in [0.1, 0.15) is 0 Å². The van der Waals surface area contributed by atoms with E-state index >= 15 is 0 Å². The summed E-state index contributed by atoms with van der Waals surface area (Å²) in [6.45, 7) is 6.96. The molecule has 3 nitrogen and oxygen atoms in total. The van der Waals surface area contributed by atoms with E-state index in [4.69, 9.17) is 13.3 Å². The molecule has 0 heterocycles. The zero-order valence-corrected chi connectivity index (χ0v) is 5.80. The van der Waals surface area contributed by atoms with Crippen molar-refractivity contribution in [2.24, 2.45) is 0 Å². The highest BCUT2D eigenvalue weighted by Gasteiger charge is 1.62. The molecular formula is C5H10O3S. The van der Waals surface area contributed by atoms with Gasteiger partial charge in [0, 0.05) is 0 Å². The highest BCUT2D eigenvalue weighted by molar-refractivity contribution is 7.73. The lowest BCUT2D eigenvalue weighted by Gasteiger charge is -1.64. The Morgan fingerprint density at radius 1 is 1.33 bits per heavy atom. The van der Waals surface area contributed by atoms with Gasteiger partial charge in [-0.2, -0.15) is 4.21 Å². The summed E-state index contributed by atoms with van der Waals surface area (Å²) in [7, 11) is 0. The van der Waals surface area contributed by atoms with Crippen molar-refractivity contribution < 1.29 is 13.3 Å². The zero-order valence-electron chi connectivity index (χ0n) is 4.99. The molecule has 9 heavy (non-hydrogen) atoms. The van der Waals surface area contributed by atoms with Crippen LogP contribution in [0.5, 0.6) is 0 Å². The van der Waals surface area contributed by atoms with E-state index in [2.05, 4.69) is 13.2 Å². The van der Waals surface area contributed by atoms with Crippen LogP contribution in [-0.4, -0.2) is 13.3 Å². The van der Waals surface area contributed by atoms with Crippen LogP contribution in [-0.2, 0) is 11.4 Å². The van der Waals surface area contributed by atoms with Gasteiger partial charge in [-0.1, -0.05) is 12.2 Å². The Balaban J connectivity index is 0. The van der Waals surface area contributed by atoms with Gasteiger partial charge in [-0.15, -0.1) is 13.2 Å². The molecule has 0 amide bonds. The van der Waals surface area contributed by atoms with E-state index in [1.165, 1.54) is 0 Å². The Hall–Kier alpha value is -0.450. The second-order valence-corrected chi connectivity index (χ2v) is 1.51. The number of hydrogen-bond acceptors (Lipinski definition) is 1. The minimum Gasteiger partial charge on any atom is -0.284 e. The molecule has 2 N–H and O–H groups in total. The standard InChI is InChI=1S/C5H8.H2O3S/c1-3-5-4-2;1-4(2)3/h3-4H,1-2,5H2;(H2,1,2,3). The monoisotopic (exact) mass is 150 g/mol. The summed E-state index contributed by atoms with van der Waals surface area (Å²) in [6.07, 6.45) is 4.54. The number of rotatable bonds is 2. The van der Waals surface area contributed by atoms with Crippen LogP contribution in [0.25, 0.3) is 0 Å². The summed E-state index contributed by atoms with van der Waals surface area (Å²) >= 11 is -2.61. The first-order valence-electron chi connectivity index (χ1n) is 2.16. The van der Waals surface area contributed by atoms with E-state index in [0.717, 1.165) is 6.42 Å². The number of allylic oxidation sites excluding steroid dienone is 2. The smallest absolute Gasteiger partial charge is 0.284 e. The molecular weight excluding hydrogens is 140 g/mol. The van der Waals surface area contributed by atoms with Gasteiger partial charge in [-0.25, -0.2) is 0 Å². The Morgan fingerprint density at radius 2 is 1.56 bits per heavy atom. The van der Waals surface area contributed by atoms with Gasteiger partial charge in [0.2, 0.25) is 0 Å². The van der Waals surface area contributed by atoms with Crippen LogP contribution >= 0.6 is 0 Å². The van der Waals surface area contributed by atoms with Gasteiger partial charge in [0.15, 0.2) is 0 Å². The normalized spacial score (nSPS) is 7.44. The van der Waals surface area contributed by atoms with Crippen LogP contribution in [0, 0.1) is 0 Å². The summed E-state index contributed by atoms with van der Waals surface area (Å²) in [6, 6.07) is 0. The van der Waals surface area contributed by atoms with Crippen molar-refractivity contribution in [2.75, 3.05) is 0 Å². The lowest BCUT2D eigenvalue weighted by Crippen LogP contribution is -1.74. The Labute approximate surface area is 57.2 Å². The van der Waals surface area contributed by atoms with Crippen LogP contribution < -0.4 is 0 Å². The van der Waals surface area contributed by atoms with E-state index in [-0.39, 0.29) is 0 Å². The molecule has 0 radical (unpaired) electrons. The van der Waals surface area contributed by atoms with Crippen LogP contribution in [0.4, 0.5) is 0 Å². The van der Waals surface area contributed by atoms with Crippen molar-refractivity contribution in [1.82, 2.24) is 0 Å². The minimum atomic E-state index is -2.61. The molecule has 0 aliphatic heterocycles. The van der Waals surface area contributed by atoms with Gasteiger partial charge in [-0.3, -0.25) is 9.11 Å². The average Bonchev–Trinajstić information content (AvgIpc) is 1.66. The van der Waals surface area contributed by atoms with Crippen LogP contribution in [0.3, 0.4) is 0 Å². The summed E-state index contributed by atoms with van der Waals surface area (Å²) in [4.78, 5) is 0. The Morgan fingerprint density at radius 3 is 1.56 bits per heavy atom. The fourth-order valence-electron chi connectivity index (χ4n) is 0.118. The van der Waals surface area contributed by atoms with E-state index < -0.39 is 11.4 Å². The molecule has 0 aromatic rings. The van der Waals surface area contributed by atoms with Gasteiger partial charge >= 0.3 is 0 Å². The molecule has 0 unspecified atom stereocenters. The fraction of sp³-hybridized carbons (Fsp3) is 0.200. The van der Waals surface area contributed by atoms with Gasteiger partial charge < -0.3 is 0 Å². The maximum Gasteiger partial charge on any atom is 0.299 e. The highest BCUT2D eigenvalue weighted by atomic mass is 32.2. The van der Waals surface area contributed by atoms with Crippen LogP contribution in [0.1, 0.15) is 6.42 Å². The fourth-order valence-corrected chi connectivity index (χ4v) is 0.118. The quantitative estimate of drug-likeness (QED) is 0.462. The average molecular weight is 150 g/mol. The van der Waals surface area contributed by atoms with Crippen molar-refractivity contribution >= 4 is 11.4 Å². The molecule has 0 rings (SSSR count). The first-order chi connectivity index (χ1) is 4.15. The Kier molecular flexibility index (Phi) is 13.3. The summed E-state index contributed by atoms with van der Waals surface area (Å²) in [5.74, 6) is 0. The molecule has 0 spiro atoms. The van der Waals surface area contributed by atoms with Gasteiger partial charge in [0.05, 0.1) is 0 Å². The molecule has 0 aromatic heterocycles. The van der Waals surface area contributed by atoms with E-state index in [9.17, 15) is 0 Å². The largest absolute Gasteiger partial charge is 0.299 e. The molecule has 0 saturated heterocycles. The summed E-state index contributed by atoms with van der Waals surface area (Å²) < 4.78 is 22.8. The van der Waals surface area contributed by atoms with E-state index in [1.807, 2.05) is 12.2 Å². The van der Waals surface area contributed by atoms with Crippen molar-refractivity contribution in [3.8, 4) is 0 Å². The van der Waals surface area contributed by atoms with Crippen molar-refractivity contribution in [2.45, 2.75) is 6.42 Å². The van der Waals surface area contributed by atoms with Crippen molar-refractivity contribution in [3.05, 3.63) is 25.3 Å². The first kappa shape index (κ1) is 11.4. The van der Waals surface area contributed by atoms with E-state index in [1.54, 1.807) is 0 Å². The second kappa shape index (κ2) is 10.5. The third kappa shape index (κ3) is 96.8. The molecule has 0 atom stereocenters. The third-order valence-electron chi connectivity index (χ3n) is 0.333. The topological polar surface area (TPSA) is 57.5 Å². The maximum absolute atomic E-state index is 8.67.